The lowest BCUT2D eigenvalue weighted by atomic mass is 9.96. The molecule has 0 aromatic heterocycles. The van der Waals surface area contributed by atoms with Gasteiger partial charge in [0.1, 0.15) is 0 Å². The summed E-state index contributed by atoms with van der Waals surface area (Å²) < 4.78 is 0.910. The van der Waals surface area contributed by atoms with E-state index in [-0.39, 0.29) is 5.91 Å². The molecule has 3 heteroatoms. The van der Waals surface area contributed by atoms with Gasteiger partial charge in [-0.3, -0.25) is 4.79 Å². The van der Waals surface area contributed by atoms with Crippen LogP contribution in [0.1, 0.15) is 16.8 Å². The lowest BCUT2D eigenvalue weighted by Crippen LogP contribution is -2.37. The van der Waals surface area contributed by atoms with Crippen LogP contribution >= 0.6 is 0 Å². The molecule has 0 unspecified atom stereocenters. The minimum atomic E-state index is 0.0180. The van der Waals surface area contributed by atoms with E-state index in [1.807, 2.05) is 36.4 Å². The van der Waals surface area contributed by atoms with Gasteiger partial charge in [0.05, 0.1) is 33.3 Å². The number of carbonyl (C=O) groups excluding carboxylic acids is 1. The second-order valence-corrected chi connectivity index (χ2v) is 7.32. The highest BCUT2D eigenvalue weighted by molar-refractivity contribution is 6.18. The van der Waals surface area contributed by atoms with Crippen molar-refractivity contribution in [1.29, 1.82) is 0 Å². The fourth-order valence-corrected chi connectivity index (χ4v) is 3.10. The number of amides is 1. The zero-order valence-corrected chi connectivity index (χ0v) is 14.7. The molecule has 1 N–H and O–H groups in total. The summed E-state index contributed by atoms with van der Waals surface area (Å²) >= 11 is 0. The van der Waals surface area contributed by atoms with Crippen LogP contribution in [0.3, 0.4) is 0 Å². The Labute approximate surface area is 143 Å². The van der Waals surface area contributed by atoms with Gasteiger partial charge in [-0.25, -0.2) is 0 Å². The third kappa shape index (κ3) is 3.57. The molecule has 3 aromatic carbocycles. The minimum absolute atomic E-state index is 0.0180. The van der Waals surface area contributed by atoms with Gasteiger partial charge in [-0.1, -0.05) is 48.5 Å². The second kappa shape index (κ2) is 6.62. The Kier molecular flexibility index (Phi) is 4.54. The Morgan fingerprint density at radius 3 is 2.00 bits per heavy atom. The number of rotatable bonds is 5. The van der Waals surface area contributed by atoms with Crippen molar-refractivity contribution in [2.75, 3.05) is 34.2 Å². The van der Waals surface area contributed by atoms with Gasteiger partial charge in [-0.15, -0.1) is 0 Å². The van der Waals surface area contributed by atoms with E-state index in [9.17, 15) is 4.79 Å². The van der Waals surface area contributed by atoms with Crippen LogP contribution in [0.25, 0.3) is 21.5 Å². The van der Waals surface area contributed by atoms with Crippen LogP contribution in [-0.4, -0.2) is 44.6 Å². The van der Waals surface area contributed by atoms with Crippen LogP contribution in [-0.2, 0) is 0 Å². The van der Waals surface area contributed by atoms with E-state index in [1.54, 1.807) is 0 Å². The molecule has 3 aromatic rings. The van der Waals surface area contributed by atoms with Gasteiger partial charge in [0.25, 0.3) is 5.91 Å². The van der Waals surface area contributed by atoms with Crippen molar-refractivity contribution in [3.63, 3.8) is 0 Å². The topological polar surface area (TPSA) is 29.1 Å². The van der Waals surface area contributed by atoms with Gasteiger partial charge >= 0.3 is 0 Å². The Bertz CT molecular complexity index is 824. The standard InChI is InChI=1S/C21H24N2O/c1-23(2,3)14-8-13-22-21(24)20-18-11-6-4-9-16(18)15-17-10-5-7-12-19(17)20/h4-7,9-12,15H,8,13-14H2,1-3H3/p+1. The summed E-state index contributed by atoms with van der Waals surface area (Å²) in [7, 11) is 6.50. The van der Waals surface area contributed by atoms with Gasteiger partial charge in [0.15, 0.2) is 0 Å². The molecular formula is C21H25N2O+. The van der Waals surface area contributed by atoms with Gasteiger partial charge < -0.3 is 9.80 Å². The molecule has 0 aliphatic carbocycles. The predicted octanol–water partition coefficient (Wildman–Crippen LogP) is 3.82. The third-order valence-corrected chi connectivity index (χ3v) is 4.29. The summed E-state index contributed by atoms with van der Waals surface area (Å²) in [5.41, 5.74) is 0.786. The van der Waals surface area contributed by atoms with Crippen LogP contribution in [0.15, 0.2) is 54.6 Å². The fourth-order valence-electron chi connectivity index (χ4n) is 3.10. The van der Waals surface area contributed by atoms with E-state index in [2.05, 4.69) is 44.7 Å². The third-order valence-electron chi connectivity index (χ3n) is 4.29. The normalized spacial score (nSPS) is 11.8. The Balaban J connectivity index is 1.92. The van der Waals surface area contributed by atoms with Crippen molar-refractivity contribution in [2.45, 2.75) is 6.42 Å². The molecule has 24 heavy (non-hydrogen) atoms. The second-order valence-electron chi connectivity index (χ2n) is 7.32. The van der Waals surface area contributed by atoms with Crippen molar-refractivity contribution in [2.24, 2.45) is 0 Å². The number of fused-ring (bicyclic) bond motifs is 2. The van der Waals surface area contributed by atoms with Crippen molar-refractivity contribution >= 4 is 27.5 Å². The predicted molar refractivity (Wildman–Crippen MR) is 101 cm³/mol. The van der Waals surface area contributed by atoms with E-state index in [0.29, 0.717) is 6.54 Å². The van der Waals surface area contributed by atoms with E-state index in [4.69, 9.17) is 0 Å². The van der Waals surface area contributed by atoms with Crippen LogP contribution < -0.4 is 5.32 Å². The van der Waals surface area contributed by atoms with E-state index < -0.39 is 0 Å². The monoisotopic (exact) mass is 321 g/mol. The van der Waals surface area contributed by atoms with Crippen molar-refractivity contribution in [3.05, 3.63) is 60.2 Å². The molecule has 0 radical (unpaired) electrons. The zero-order valence-electron chi connectivity index (χ0n) is 14.7. The number of quaternary nitrogens is 1. The van der Waals surface area contributed by atoms with Crippen molar-refractivity contribution in [1.82, 2.24) is 5.32 Å². The van der Waals surface area contributed by atoms with Crippen LogP contribution in [0.4, 0.5) is 0 Å². The summed E-state index contributed by atoms with van der Waals surface area (Å²) in [5.74, 6) is 0.0180. The van der Waals surface area contributed by atoms with Crippen LogP contribution in [0, 0.1) is 0 Å². The first-order chi connectivity index (χ1) is 11.5. The van der Waals surface area contributed by atoms with Gasteiger partial charge in [0, 0.05) is 13.0 Å². The summed E-state index contributed by atoms with van der Waals surface area (Å²) in [5, 5.41) is 7.34. The smallest absolute Gasteiger partial charge is 0.252 e. The fraction of sp³-hybridized carbons (Fsp3) is 0.286. The maximum atomic E-state index is 12.9. The highest BCUT2D eigenvalue weighted by Gasteiger charge is 2.15. The van der Waals surface area contributed by atoms with E-state index in [1.165, 1.54) is 0 Å². The van der Waals surface area contributed by atoms with E-state index >= 15 is 0 Å². The first-order valence-electron chi connectivity index (χ1n) is 8.45. The molecule has 0 saturated carbocycles. The summed E-state index contributed by atoms with van der Waals surface area (Å²) in [6.45, 7) is 1.74. The lowest BCUT2D eigenvalue weighted by molar-refractivity contribution is -0.870. The number of hydrogen-bond acceptors (Lipinski definition) is 1. The average Bonchev–Trinajstić information content (AvgIpc) is 2.55. The highest BCUT2D eigenvalue weighted by atomic mass is 16.1. The van der Waals surface area contributed by atoms with Gasteiger partial charge in [-0.05, 0) is 27.6 Å². The van der Waals surface area contributed by atoms with E-state index in [0.717, 1.165) is 44.6 Å². The summed E-state index contributed by atoms with van der Waals surface area (Å²) in [4.78, 5) is 12.9. The number of nitrogens with one attached hydrogen (secondary N) is 1. The summed E-state index contributed by atoms with van der Waals surface area (Å²) in [6, 6.07) is 18.4. The molecule has 0 heterocycles. The molecule has 0 saturated heterocycles. The molecule has 3 nitrogen and oxygen atoms in total. The van der Waals surface area contributed by atoms with Crippen molar-refractivity contribution < 1.29 is 9.28 Å². The quantitative estimate of drug-likeness (QED) is 0.432. The zero-order chi connectivity index (χ0) is 17.2. The largest absolute Gasteiger partial charge is 0.352 e. The number of benzene rings is 3. The average molecular weight is 321 g/mol. The first kappa shape index (κ1) is 16.5. The van der Waals surface area contributed by atoms with Gasteiger partial charge in [0.2, 0.25) is 0 Å². The molecule has 0 bridgehead atoms. The molecule has 0 spiro atoms. The minimum Gasteiger partial charge on any atom is -0.352 e. The van der Waals surface area contributed by atoms with Gasteiger partial charge in [-0.2, -0.15) is 0 Å². The molecule has 0 fully saturated rings. The number of carbonyl (C=O) groups is 1. The maximum absolute atomic E-state index is 12.9. The molecule has 0 aliphatic heterocycles. The highest BCUT2D eigenvalue weighted by Crippen LogP contribution is 2.28. The SMILES string of the molecule is C[N+](C)(C)CCCNC(=O)c1c2ccccc2cc2ccccc12. The van der Waals surface area contributed by atoms with Crippen LogP contribution in [0.2, 0.25) is 0 Å². The van der Waals surface area contributed by atoms with Crippen molar-refractivity contribution in [3.8, 4) is 0 Å². The molecule has 0 aliphatic rings. The molecular weight excluding hydrogens is 296 g/mol. The Hall–Kier alpha value is -2.39. The lowest BCUT2D eigenvalue weighted by Gasteiger charge is -2.23. The maximum Gasteiger partial charge on any atom is 0.252 e. The Morgan fingerprint density at radius 2 is 1.46 bits per heavy atom. The Morgan fingerprint density at radius 1 is 0.917 bits per heavy atom. The summed E-state index contributed by atoms with van der Waals surface area (Å²) in [6.07, 6.45) is 0.970. The molecule has 1 amide bonds. The molecule has 3 rings (SSSR count). The molecule has 124 valence electrons. The number of hydrogen-bond donors (Lipinski definition) is 1. The van der Waals surface area contributed by atoms with Crippen LogP contribution in [0.5, 0.6) is 0 Å². The number of nitrogens with zero attached hydrogens (tertiary/aromatic N) is 1. The first-order valence-corrected chi connectivity index (χ1v) is 8.45. The molecule has 0 atom stereocenters.